The zero-order chi connectivity index (χ0) is 18.4. The fourth-order valence-electron chi connectivity index (χ4n) is 3.14. The fraction of sp³-hybridized carbons (Fsp3) is 0.353. The lowest BCUT2D eigenvalue weighted by Gasteiger charge is -2.12. The van der Waals surface area contributed by atoms with Gasteiger partial charge in [0.2, 0.25) is 0 Å². The van der Waals surface area contributed by atoms with Crippen molar-refractivity contribution in [3.05, 3.63) is 56.2 Å². The van der Waals surface area contributed by atoms with Gasteiger partial charge >= 0.3 is 5.69 Å². The van der Waals surface area contributed by atoms with Gasteiger partial charge in [0.25, 0.3) is 5.56 Å². The van der Waals surface area contributed by atoms with Crippen LogP contribution >= 0.6 is 11.3 Å². The number of nitrogens with zero attached hydrogens (tertiary/aromatic N) is 4. The summed E-state index contributed by atoms with van der Waals surface area (Å²) in [6.07, 6.45) is 2.13. The minimum Gasteiger partial charge on any atom is -0.348 e. The average molecular weight is 378 g/mol. The van der Waals surface area contributed by atoms with Gasteiger partial charge in [0.05, 0.1) is 6.54 Å². The number of hydrogen-bond donors (Lipinski definition) is 0. The third-order valence-corrected chi connectivity index (χ3v) is 5.67. The summed E-state index contributed by atoms with van der Waals surface area (Å²) in [4.78, 5) is 31.7. The van der Waals surface area contributed by atoms with Crippen molar-refractivity contribution in [2.75, 3.05) is 18.0 Å². The molecule has 0 N–H and O–H groups in total. The van der Waals surface area contributed by atoms with E-state index in [2.05, 4.69) is 9.88 Å². The third kappa shape index (κ3) is 2.72. The minimum absolute atomic E-state index is 0.00380. The lowest BCUT2D eigenvalue weighted by molar-refractivity contribution is 0.506. The number of benzene rings is 1. The maximum Gasteiger partial charge on any atom is 0.332 e. The largest absolute Gasteiger partial charge is 0.348 e. The summed E-state index contributed by atoms with van der Waals surface area (Å²) in [5, 5.41) is 0.708. The molecule has 0 saturated carbocycles. The number of rotatable bonds is 3. The standard InChI is InChI=1S/C17H16F2N4O2S/c1-21-15(24)13-14(20-16(26-13)22-6-2-3-7-22)23(17(21)25)9-10-4-5-11(18)12(19)8-10/h4-5,8H,2-3,6-7,9H2,1H3. The van der Waals surface area contributed by atoms with Crippen LogP contribution in [0.1, 0.15) is 18.4 Å². The maximum absolute atomic E-state index is 13.5. The van der Waals surface area contributed by atoms with Crippen molar-refractivity contribution in [3.8, 4) is 0 Å². The molecule has 136 valence electrons. The molecule has 1 aliphatic rings. The maximum atomic E-state index is 13.5. The van der Waals surface area contributed by atoms with Crippen molar-refractivity contribution in [2.45, 2.75) is 19.4 Å². The highest BCUT2D eigenvalue weighted by Crippen LogP contribution is 2.28. The topological polar surface area (TPSA) is 60.1 Å². The zero-order valence-corrected chi connectivity index (χ0v) is 14.9. The number of aromatic nitrogens is 3. The smallest absolute Gasteiger partial charge is 0.332 e. The molecule has 0 spiro atoms. The van der Waals surface area contributed by atoms with Gasteiger partial charge in [-0.25, -0.2) is 18.6 Å². The Kier molecular flexibility index (Phi) is 4.10. The van der Waals surface area contributed by atoms with E-state index in [1.165, 1.54) is 29.0 Å². The number of hydrogen-bond acceptors (Lipinski definition) is 5. The molecule has 1 saturated heterocycles. The summed E-state index contributed by atoms with van der Waals surface area (Å²) < 4.78 is 29.4. The highest BCUT2D eigenvalue weighted by atomic mass is 32.1. The first-order valence-electron chi connectivity index (χ1n) is 8.25. The first-order chi connectivity index (χ1) is 12.5. The zero-order valence-electron chi connectivity index (χ0n) is 14.0. The van der Waals surface area contributed by atoms with Crippen LogP contribution in [0, 0.1) is 11.6 Å². The molecule has 1 aromatic carbocycles. The second-order valence-corrected chi connectivity index (χ2v) is 7.30. The van der Waals surface area contributed by atoms with Crippen LogP contribution in [0.5, 0.6) is 0 Å². The Morgan fingerprint density at radius 1 is 1.15 bits per heavy atom. The van der Waals surface area contributed by atoms with Gasteiger partial charge in [0.1, 0.15) is 4.70 Å². The third-order valence-electron chi connectivity index (χ3n) is 4.57. The summed E-state index contributed by atoms with van der Waals surface area (Å²) in [7, 11) is 1.40. The van der Waals surface area contributed by atoms with E-state index < -0.39 is 22.9 Å². The monoisotopic (exact) mass is 378 g/mol. The van der Waals surface area contributed by atoms with Crippen molar-refractivity contribution < 1.29 is 8.78 Å². The second kappa shape index (κ2) is 6.31. The predicted octanol–water partition coefficient (Wildman–Crippen LogP) is 2.08. The Bertz CT molecular complexity index is 1110. The van der Waals surface area contributed by atoms with Gasteiger partial charge in [0, 0.05) is 20.1 Å². The Morgan fingerprint density at radius 3 is 2.58 bits per heavy atom. The number of anilines is 1. The first-order valence-corrected chi connectivity index (χ1v) is 9.06. The van der Waals surface area contributed by atoms with Gasteiger partial charge in [0.15, 0.2) is 22.4 Å². The molecule has 2 aromatic heterocycles. The normalized spacial score (nSPS) is 14.5. The molecule has 26 heavy (non-hydrogen) atoms. The number of fused-ring (bicyclic) bond motifs is 1. The molecular weight excluding hydrogens is 362 g/mol. The summed E-state index contributed by atoms with van der Waals surface area (Å²) in [6.45, 7) is 1.74. The summed E-state index contributed by atoms with van der Waals surface area (Å²) in [5.41, 5.74) is -0.226. The SMILES string of the molecule is Cn1c(=O)c2sc(N3CCCC3)nc2n(Cc2ccc(F)c(F)c2)c1=O. The van der Waals surface area contributed by atoms with E-state index in [-0.39, 0.29) is 12.2 Å². The van der Waals surface area contributed by atoms with Crippen LogP contribution in [0.15, 0.2) is 27.8 Å². The first kappa shape index (κ1) is 16.9. The van der Waals surface area contributed by atoms with E-state index in [0.717, 1.165) is 42.6 Å². The van der Waals surface area contributed by atoms with Crippen LogP contribution in [-0.4, -0.2) is 27.2 Å². The van der Waals surface area contributed by atoms with Gasteiger partial charge in [-0.2, -0.15) is 0 Å². The molecule has 4 rings (SSSR count). The van der Waals surface area contributed by atoms with Crippen molar-refractivity contribution in [1.82, 2.24) is 14.1 Å². The Balaban J connectivity index is 1.88. The van der Waals surface area contributed by atoms with Gasteiger partial charge in [-0.05, 0) is 30.5 Å². The molecule has 3 heterocycles. The van der Waals surface area contributed by atoms with Gasteiger partial charge < -0.3 is 4.90 Å². The van der Waals surface area contributed by atoms with Gasteiger partial charge in [-0.3, -0.25) is 13.9 Å². The van der Waals surface area contributed by atoms with E-state index in [9.17, 15) is 18.4 Å². The molecular formula is C17H16F2N4O2S. The molecule has 3 aromatic rings. The molecule has 0 amide bonds. The highest BCUT2D eigenvalue weighted by molar-refractivity contribution is 7.22. The minimum atomic E-state index is -0.979. The number of halogens is 2. The van der Waals surface area contributed by atoms with Gasteiger partial charge in [-0.1, -0.05) is 17.4 Å². The van der Waals surface area contributed by atoms with Crippen molar-refractivity contribution in [1.29, 1.82) is 0 Å². The van der Waals surface area contributed by atoms with Crippen LogP contribution in [0.4, 0.5) is 13.9 Å². The summed E-state index contributed by atoms with van der Waals surface area (Å²) in [5.74, 6) is -1.93. The lowest BCUT2D eigenvalue weighted by Crippen LogP contribution is -2.38. The quantitative estimate of drug-likeness (QED) is 0.700. The molecule has 1 fully saturated rings. The van der Waals surface area contributed by atoms with Gasteiger partial charge in [-0.15, -0.1) is 0 Å². The van der Waals surface area contributed by atoms with Crippen LogP contribution in [0.3, 0.4) is 0 Å². The van der Waals surface area contributed by atoms with Crippen LogP contribution in [-0.2, 0) is 13.6 Å². The summed E-state index contributed by atoms with van der Waals surface area (Å²) in [6, 6.07) is 3.48. The lowest BCUT2D eigenvalue weighted by atomic mass is 10.2. The Morgan fingerprint density at radius 2 is 1.88 bits per heavy atom. The van der Waals surface area contributed by atoms with E-state index in [4.69, 9.17) is 0 Å². The van der Waals surface area contributed by atoms with E-state index >= 15 is 0 Å². The molecule has 1 aliphatic heterocycles. The number of thiazole rings is 1. The van der Waals surface area contributed by atoms with Crippen LogP contribution in [0.2, 0.25) is 0 Å². The van der Waals surface area contributed by atoms with Crippen molar-refractivity contribution in [3.63, 3.8) is 0 Å². The molecule has 6 nitrogen and oxygen atoms in total. The molecule has 0 aliphatic carbocycles. The average Bonchev–Trinajstić information content (AvgIpc) is 3.29. The molecule has 0 radical (unpaired) electrons. The predicted molar refractivity (Wildman–Crippen MR) is 96.0 cm³/mol. The highest BCUT2D eigenvalue weighted by Gasteiger charge is 2.21. The van der Waals surface area contributed by atoms with E-state index in [1.807, 2.05) is 0 Å². The van der Waals surface area contributed by atoms with Crippen LogP contribution < -0.4 is 16.1 Å². The van der Waals surface area contributed by atoms with E-state index in [0.29, 0.717) is 15.4 Å². The molecule has 9 heteroatoms. The van der Waals surface area contributed by atoms with Crippen molar-refractivity contribution in [2.24, 2.45) is 7.05 Å². The Hall–Kier alpha value is -2.55. The molecule has 0 atom stereocenters. The van der Waals surface area contributed by atoms with E-state index in [1.54, 1.807) is 0 Å². The van der Waals surface area contributed by atoms with Crippen LogP contribution in [0.25, 0.3) is 10.3 Å². The van der Waals surface area contributed by atoms with Crippen molar-refractivity contribution >= 4 is 26.8 Å². The second-order valence-electron chi connectivity index (χ2n) is 6.32. The molecule has 0 bridgehead atoms. The summed E-state index contributed by atoms with van der Waals surface area (Å²) >= 11 is 1.26. The molecule has 0 unspecified atom stereocenters. The fourth-order valence-corrected chi connectivity index (χ4v) is 4.24. The Labute approximate surface area is 150 Å².